The second-order valence-corrected chi connectivity index (χ2v) is 0. The van der Waals surface area contributed by atoms with E-state index >= 15 is 0 Å². The zero-order valence-electron chi connectivity index (χ0n) is 3.79. The summed E-state index contributed by atoms with van der Waals surface area (Å²) in [7, 11) is 0. The Bertz CT molecular complexity index is 35.3. The summed E-state index contributed by atoms with van der Waals surface area (Å²) < 4.78 is 21.6. The summed E-state index contributed by atoms with van der Waals surface area (Å²) >= 11 is 3.08. The van der Waals surface area contributed by atoms with Gasteiger partial charge in [-0.25, -0.2) is 0 Å². The molecule has 1 N–H and O–H groups in total. The van der Waals surface area contributed by atoms with Gasteiger partial charge in [0.2, 0.25) is 0 Å². The van der Waals surface area contributed by atoms with Gasteiger partial charge in [0, 0.05) is 16.5 Å². The normalized spacial score (nSPS) is 1.11. The summed E-state index contributed by atoms with van der Waals surface area (Å²) in [5.41, 5.74) is 0. The van der Waals surface area contributed by atoms with Gasteiger partial charge < -0.3 is 31.0 Å². The molecule has 7 heteroatoms. The van der Waals surface area contributed by atoms with Crippen LogP contribution < -0.4 is 0 Å². The molecule has 0 aromatic carbocycles. The first-order chi connectivity index (χ1) is 3.00. The maximum Gasteiger partial charge on any atom is 3.00 e. The summed E-state index contributed by atoms with van der Waals surface area (Å²) in [5.74, 6) is 0. The van der Waals surface area contributed by atoms with Gasteiger partial charge in [-0.3, -0.25) is 0 Å². The average molecular weight is 253 g/mol. The van der Waals surface area contributed by atoms with Gasteiger partial charge in [0.1, 0.15) is 0 Å². The predicted molar refractivity (Wildman–Crippen MR) is 26.6 cm³/mol. The molecule has 0 rings (SSSR count). The molecular formula is C2H2FeNiO3S2+. The van der Waals surface area contributed by atoms with Crippen molar-refractivity contribution in [2.24, 2.45) is 0 Å². The molecule has 0 unspecified atom stereocenters. The summed E-state index contributed by atoms with van der Waals surface area (Å²) in [6, 6.07) is 0. The Morgan fingerprint density at radius 3 is 1.00 bits per heavy atom. The maximum atomic E-state index is 7.50. The molecule has 3 nitrogen and oxygen atoms in total. The minimum absolute atomic E-state index is 0. The molecule has 0 aliphatic heterocycles. The van der Waals surface area contributed by atoms with Gasteiger partial charge in [0.05, 0.1) is 0 Å². The second-order valence-electron chi connectivity index (χ2n) is 0. The Morgan fingerprint density at radius 1 is 1.00 bits per heavy atom. The Balaban J connectivity index is -0.00000000321. The van der Waals surface area contributed by atoms with E-state index in [9.17, 15) is 0 Å². The van der Waals surface area contributed by atoms with Crippen LogP contribution in [0.5, 0.6) is 0 Å². The van der Waals surface area contributed by atoms with E-state index in [0.29, 0.717) is 0 Å². The van der Waals surface area contributed by atoms with E-state index in [2.05, 4.69) is 26.2 Å². The molecule has 0 heterocycles. The summed E-state index contributed by atoms with van der Waals surface area (Å²) in [4.78, 5) is 0. The van der Waals surface area contributed by atoms with Crippen molar-refractivity contribution in [2.75, 3.05) is 0 Å². The van der Waals surface area contributed by atoms with Crippen molar-refractivity contribution in [2.45, 2.75) is 0 Å². The first kappa shape index (κ1) is 49.3. The first-order valence-corrected chi connectivity index (χ1v) is 0.956. The largest absolute Gasteiger partial charge is 3.00 e. The third-order valence-corrected chi connectivity index (χ3v) is 0. The van der Waals surface area contributed by atoms with Crippen molar-refractivity contribution < 1.29 is 47.4 Å². The van der Waals surface area contributed by atoms with Crippen LogP contribution in [-0.2, 0) is 69.3 Å². The van der Waals surface area contributed by atoms with Crippen LogP contribution in [0.25, 0.3) is 0 Å². The van der Waals surface area contributed by atoms with Gasteiger partial charge in [-0.1, -0.05) is 0 Å². The summed E-state index contributed by atoms with van der Waals surface area (Å²) in [6.07, 6.45) is 0. The topological polar surface area (TPSA) is 60.0 Å². The SMILES string of the molecule is O[S-].[C-]#[O+].[C-]#[O+].[Fe+3].[Ni].[SH-]. The molecule has 0 spiro atoms. The van der Waals surface area contributed by atoms with E-state index in [0.717, 1.165) is 0 Å². The molecule has 0 saturated carbocycles. The predicted octanol–water partition coefficient (Wildman–Crippen LogP) is -0.344. The van der Waals surface area contributed by atoms with Crippen molar-refractivity contribution in [3.05, 3.63) is 13.3 Å². The van der Waals surface area contributed by atoms with Gasteiger partial charge in [-0.2, -0.15) is 0 Å². The fourth-order valence-electron chi connectivity index (χ4n) is 0. The third kappa shape index (κ3) is 352. The molecule has 0 fully saturated rings. The van der Waals surface area contributed by atoms with E-state index < -0.39 is 0 Å². The van der Waals surface area contributed by atoms with Crippen LogP contribution in [0.4, 0.5) is 0 Å². The average Bonchev–Trinajstić information content (AvgIpc) is 1.81. The van der Waals surface area contributed by atoms with E-state index in [4.69, 9.17) is 13.9 Å². The van der Waals surface area contributed by atoms with Crippen molar-refractivity contribution in [3.63, 3.8) is 0 Å². The fourth-order valence-corrected chi connectivity index (χ4v) is 0. The van der Waals surface area contributed by atoms with Crippen molar-refractivity contribution >= 4 is 26.4 Å². The molecule has 0 amide bonds. The fraction of sp³-hybridized carbons (Fsp3) is 0. The van der Waals surface area contributed by atoms with Crippen molar-refractivity contribution in [1.29, 1.82) is 0 Å². The monoisotopic (exact) mass is 252 g/mol. The van der Waals surface area contributed by atoms with Crippen LogP contribution in [0.3, 0.4) is 0 Å². The standard InChI is InChI=1S/2CO.Fe.Ni.H2OS.H2S/c2*1-2;;;1-2;/h;;;;1-2H;1H2/q;;+3;;;/p-2. The van der Waals surface area contributed by atoms with Gasteiger partial charge >= 0.3 is 39.7 Å². The first-order valence-electron chi connectivity index (χ1n) is 0.591. The van der Waals surface area contributed by atoms with Gasteiger partial charge in [-0.15, -0.1) is 0 Å². The minimum Gasteiger partial charge on any atom is -0.813 e. The molecular weight excluding hydrogens is 251 g/mol. The number of hydrogen-bond donors (Lipinski definition) is 1. The molecule has 9 heavy (non-hydrogen) atoms. The molecule has 1 radical (unpaired) electrons. The summed E-state index contributed by atoms with van der Waals surface area (Å²) in [5, 5.41) is 0. The molecule has 0 aliphatic carbocycles. The zero-order valence-corrected chi connectivity index (χ0v) is 7.59. The van der Waals surface area contributed by atoms with Crippen LogP contribution in [0.15, 0.2) is 0 Å². The summed E-state index contributed by atoms with van der Waals surface area (Å²) in [6.45, 7) is 9.00. The van der Waals surface area contributed by atoms with Gasteiger partial charge in [-0.05, 0) is 0 Å². The third-order valence-electron chi connectivity index (χ3n) is 0. The Morgan fingerprint density at radius 2 is 1.00 bits per heavy atom. The van der Waals surface area contributed by atoms with E-state index in [1.54, 1.807) is 0 Å². The zero-order chi connectivity index (χ0) is 6.00. The van der Waals surface area contributed by atoms with Crippen molar-refractivity contribution in [1.82, 2.24) is 0 Å². The van der Waals surface area contributed by atoms with Crippen LogP contribution in [0.2, 0.25) is 0 Å². The smallest absolute Gasteiger partial charge is 0.813 e. The molecule has 0 aliphatic rings. The van der Waals surface area contributed by atoms with Crippen LogP contribution in [-0.4, -0.2) is 4.55 Å². The van der Waals surface area contributed by atoms with E-state index in [1.807, 2.05) is 0 Å². The molecule has 0 saturated heterocycles. The minimum atomic E-state index is 0. The maximum absolute atomic E-state index is 7.50. The van der Waals surface area contributed by atoms with Crippen LogP contribution in [0.1, 0.15) is 0 Å². The number of thiol groups is 1. The molecule has 0 bridgehead atoms. The van der Waals surface area contributed by atoms with Crippen molar-refractivity contribution in [3.8, 4) is 0 Å². The molecule has 0 aromatic heterocycles. The molecule has 0 atom stereocenters. The number of hydrogen-bond acceptors (Lipinski definition) is 3. The number of rotatable bonds is 0. The van der Waals surface area contributed by atoms with Crippen LogP contribution >= 0.6 is 0 Å². The Labute approximate surface area is 86.9 Å². The van der Waals surface area contributed by atoms with Crippen LogP contribution in [0, 0.1) is 13.3 Å². The molecule has 57 valence electrons. The quantitative estimate of drug-likeness (QED) is 0.211. The van der Waals surface area contributed by atoms with E-state index in [1.165, 1.54) is 0 Å². The van der Waals surface area contributed by atoms with Gasteiger partial charge in [0.15, 0.2) is 0 Å². The van der Waals surface area contributed by atoms with Gasteiger partial charge in [0.25, 0.3) is 0 Å². The van der Waals surface area contributed by atoms with E-state index in [-0.39, 0.29) is 47.1 Å². The Hall–Kier alpha value is 1.15. The Kier molecular flexibility index (Phi) is 2510. The molecule has 0 aromatic rings. The second kappa shape index (κ2) is 458.